The van der Waals surface area contributed by atoms with Gasteiger partial charge in [0, 0.05) is 32.2 Å². The minimum absolute atomic E-state index is 0.0327. The summed E-state index contributed by atoms with van der Waals surface area (Å²) in [5.74, 6) is -0.791. The van der Waals surface area contributed by atoms with Crippen LogP contribution in [0.3, 0.4) is 0 Å². The van der Waals surface area contributed by atoms with Crippen LogP contribution in [0.25, 0.3) is 32.9 Å². The van der Waals surface area contributed by atoms with Crippen LogP contribution in [0.5, 0.6) is 17.6 Å². The molecule has 1 unspecified atom stereocenters. The Labute approximate surface area is 264 Å². The molecule has 12 heteroatoms. The number of aromatic nitrogens is 3. The second kappa shape index (κ2) is 10.8. The highest BCUT2D eigenvalue weighted by atomic mass is 19.1. The Morgan fingerprint density at radius 1 is 1.09 bits per heavy atom. The molecule has 3 fully saturated rings. The number of anilines is 1. The Kier molecular flexibility index (Phi) is 6.95. The van der Waals surface area contributed by atoms with Crippen molar-refractivity contribution >= 4 is 27.5 Å². The van der Waals surface area contributed by atoms with Gasteiger partial charge in [-0.05, 0) is 73.2 Å². The molecule has 6 heterocycles. The second-order valence-electron chi connectivity index (χ2n) is 13.2. The fourth-order valence-electron chi connectivity index (χ4n) is 8.11. The van der Waals surface area contributed by atoms with E-state index in [9.17, 15) is 9.50 Å². The molecule has 0 radical (unpaired) electrons. The van der Waals surface area contributed by atoms with Gasteiger partial charge in [0.05, 0.1) is 17.7 Å². The summed E-state index contributed by atoms with van der Waals surface area (Å²) in [6.07, 6.45) is 3.09. The smallest absolute Gasteiger partial charge is 0.319 e. The van der Waals surface area contributed by atoms with Crippen molar-refractivity contribution in [3.05, 3.63) is 41.5 Å². The first-order valence-corrected chi connectivity index (χ1v) is 16.0. The van der Waals surface area contributed by atoms with Crippen LogP contribution in [0.4, 0.5) is 19.0 Å². The summed E-state index contributed by atoms with van der Waals surface area (Å²) in [6, 6.07) is 5.78. The van der Waals surface area contributed by atoms with E-state index >= 15 is 8.78 Å². The van der Waals surface area contributed by atoms with Crippen molar-refractivity contribution in [2.75, 3.05) is 51.5 Å². The van der Waals surface area contributed by atoms with Gasteiger partial charge < -0.3 is 24.2 Å². The summed E-state index contributed by atoms with van der Waals surface area (Å²) in [5, 5.41) is 12.0. The summed E-state index contributed by atoms with van der Waals surface area (Å²) in [7, 11) is 1.88. The summed E-state index contributed by atoms with van der Waals surface area (Å²) >= 11 is 0. The topological polar surface area (TPSA) is 93.1 Å². The van der Waals surface area contributed by atoms with Gasteiger partial charge in [-0.3, -0.25) is 4.90 Å². The number of hydrogen-bond acceptors (Lipinski definition) is 9. The number of aromatic hydroxyl groups is 1. The van der Waals surface area contributed by atoms with Crippen LogP contribution in [0.1, 0.15) is 44.6 Å². The van der Waals surface area contributed by atoms with Crippen molar-refractivity contribution in [1.29, 1.82) is 0 Å². The molecular weight excluding hydrogens is 599 g/mol. The number of likely N-dealkylation sites (N-methyl/N-ethyl adjacent to an activating group) is 1. The maximum absolute atomic E-state index is 17.0. The zero-order chi connectivity index (χ0) is 31.8. The zero-order valence-corrected chi connectivity index (χ0v) is 25.9. The second-order valence-corrected chi connectivity index (χ2v) is 13.2. The minimum Gasteiger partial charge on any atom is -0.508 e. The molecule has 3 atom stereocenters. The Balaban J connectivity index is 1.33. The average molecular weight is 636 g/mol. The molecule has 46 heavy (non-hydrogen) atoms. The van der Waals surface area contributed by atoms with Gasteiger partial charge in [0.15, 0.2) is 5.82 Å². The highest BCUT2D eigenvalue weighted by Gasteiger charge is 2.50. The van der Waals surface area contributed by atoms with Gasteiger partial charge in [-0.1, -0.05) is 13.0 Å². The van der Waals surface area contributed by atoms with Crippen molar-refractivity contribution in [2.24, 2.45) is 0 Å². The third kappa shape index (κ3) is 4.47. The van der Waals surface area contributed by atoms with Crippen molar-refractivity contribution in [3.63, 3.8) is 0 Å². The standard InChI is InChI=1S/C34H36F3N5O4/c1-3-22-24(36)7-6-19-12-21(43)13-23(25(19)22)28-27(37)29-26-30(41(2)34(9-5-11-44-16-34)18-45-31(26)38-28)40-32(39-29)46-17-33-8-4-10-42(33)15-20(35)14-33/h6-7,12-13,20,43H,3-5,8-11,14-18H2,1-2H3/t20-,33+,34?/m1/s1. The number of hydrogen-bond donors (Lipinski definition) is 1. The first kappa shape index (κ1) is 29.5. The number of fused-ring (bicyclic) bond motifs is 2. The maximum atomic E-state index is 17.0. The van der Waals surface area contributed by atoms with E-state index in [4.69, 9.17) is 24.2 Å². The van der Waals surface area contributed by atoms with E-state index in [2.05, 4.69) is 9.88 Å². The van der Waals surface area contributed by atoms with Gasteiger partial charge in [0.25, 0.3) is 0 Å². The molecule has 4 aliphatic heterocycles. The van der Waals surface area contributed by atoms with Crippen molar-refractivity contribution in [2.45, 2.75) is 62.7 Å². The normalized spacial score (nSPS) is 26.1. The van der Waals surface area contributed by atoms with Crippen LogP contribution < -0.4 is 14.4 Å². The van der Waals surface area contributed by atoms with Crippen molar-refractivity contribution < 1.29 is 32.5 Å². The fraction of sp³-hybridized carbons (Fsp3) is 0.500. The molecule has 9 nitrogen and oxygen atoms in total. The van der Waals surface area contributed by atoms with Gasteiger partial charge in [0.1, 0.15) is 53.4 Å². The number of pyridine rings is 1. The predicted octanol–water partition coefficient (Wildman–Crippen LogP) is 5.72. The number of phenolic OH excluding ortho intramolecular Hbond substituents is 1. The van der Waals surface area contributed by atoms with Crippen LogP contribution in [-0.4, -0.2) is 88.8 Å². The van der Waals surface area contributed by atoms with E-state index in [0.29, 0.717) is 54.8 Å². The number of halogens is 3. The van der Waals surface area contributed by atoms with E-state index < -0.39 is 28.9 Å². The third-order valence-electron chi connectivity index (χ3n) is 10.5. The minimum atomic E-state index is -0.927. The Bertz CT molecular complexity index is 1870. The number of phenols is 1. The van der Waals surface area contributed by atoms with Crippen LogP contribution in [0, 0.1) is 11.6 Å². The zero-order valence-electron chi connectivity index (χ0n) is 25.9. The van der Waals surface area contributed by atoms with Gasteiger partial charge in [-0.2, -0.15) is 9.97 Å². The van der Waals surface area contributed by atoms with E-state index in [1.807, 2.05) is 18.9 Å². The Hall–Kier alpha value is -3.90. The quantitative estimate of drug-likeness (QED) is 0.296. The molecule has 1 spiro atoms. The van der Waals surface area contributed by atoms with E-state index in [1.165, 1.54) is 18.2 Å². The largest absolute Gasteiger partial charge is 0.508 e. The number of aryl methyl sites for hydroxylation is 1. The fourth-order valence-corrected chi connectivity index (χ4v) is 8.11. The molecule has 0 saturated carbocycles. The summed E-state index contributed by atoms with van der Waals surface area (Å²) in [6.45, 7) is 4.39. The van der Waals surface area contributed by atoms with Gasteiger partial charge in [-0.15, -0.1) is 0 Å². The molecule has 4 aliphatic rings. The number of alkyl halides is 1. The lowest BCUT2D eigenvalue weighted by molar-refractivity contribution is 0.0153. The lowest BCUT2D eigenvalue weighted by Crippen LogP contribution is -2.56. The highest BCUT2D eigenvalue weighted by Crippen LogP contribution is 2.46. The third-order valence-corrected chi connectivity index (χ3v) is 10.5. The Morgan fingerprint density at radius 2 is 1.96 bits per heavy atom. The molecule has 4 aromatic rings. The van der Waals surface area contributed by atoms with E-state index in [0.717, 1.165) is 32.2 Å². The first-order chi connectivity index (χ1) is 22.2. The monoisotopic (exact) mass is 635 g/mol. The molecule has 1 N–H and O–H groups in total. The molecule has 242 valence electrons. The van der Waals surface area contributed by atoms with E-state index in [-0.39, 0.29) is 53.0 Å². The van der Waals surface area contributed by atoms with E-state index in [1.54, 1.807) is 6.07 Å². The van der Waals surface area contributed by atoms with Crippen LogP contribution >= 0.6 is 0 Å². The number of rotatable bonds is 5. The Morgan fingerprint density at radius 3 is 2.76 bits per heavy atom. The van der Waals surface area contributed by atoms with Crippen LogP contribution in [-0.2, 0) is 11.2 Å². The molecule has 0 amide bonds. The highest BCUT2D eigenvalue weighted by molar-refractivity contribution is 6.03. The lowest BCUT2D eigenvalue weighted by Gasteiger charge is -2.43. The number of ether oxygens (including phenoxy) is 3. The van der Waals surface area contributed by atoms with Gasteiger partial charge in [-0.25, -0.2) is 18.2 Å². The molecule has 2 aromatic heterocycles. The molecule has 3 saturated heterocycles. The summed E-state index contributed by atoms with van der Waals surface area (Å²) in [5.41, 5.74) is -0.640. The van der Waals surface area contributed by atoms with Crippen molar-refractivity contribution in [3.8, 4) is 28.9 Å². The molecule has 8 rings (SSSR count). The average Bonchev–Trinajstić information content (AvgIpc) is 3.55. The first-order valence-electron chi connectivity index (χ1n) is 16.0. The summed E-state index contributed by atoms with van der Waals surface area (Å²) < 4.78 is 65.1. The van der Waals surface area contributed by atoms with Crippen LogP contribution in [0.15, 0.2) is 24.3 Å². The van der Waals surface area contributed by atoms with Crippen LogP contribution in [0.2, 0.25) is 0 Å². The SMILES string of the molecule is CCc1c(F)ccc2cc(O)cc(-c3nc4c5c(nc(OC[C@@]67CCCN6C[C@H](F)C7)nc5c3F)N(C)C3(CCCOC3)CO4)c12. The maximum Gasteiger partial charge on any atom is 0.319 e. The lowest BCUT2D eigenvalue weighted by atomic mass is 9.91. The molecule has 2 aromatic carbocycles. The number of nitrogens with zero attached hydrogens (tertiary/aromatic N) is 5. The summed E-state index contributed by atoms with van der Waals surface area (Å²) in [4.78, 5) is 18.2. The predicted molar refractivity (Wildman–Crippen MR) is 166 cm³/mol. The van der Waals surface area contributed by atoms with Gasteiger partial charge >= 0.3 is 6.01 Å². The molecular formula is C34H36F3N5O4. The van der Waals surface area contributed by atoms with Gasteiger partial charge in [0.2, 0.25) is 5.88 Å². The molecule has 0 aliphatic carbocycles. The number of benzene rings is 2. The molecule has 0 bridgehead atoms. The van der Waals surface area contributed by atoms with Crippen molar-refractivity contribution in [1.82, 2.24) is 19.9 Å².